The Labute approximate surface area is 129 Å². The summed E-state index contributed by atoms with van der Waals surface area (Å²) in [7, 11) is 0. The number of benzene rings is 1. The molecule has 3 N–H and O–H groups in total. The Balaban J connectivity index is 1.80. The second kappa shape index (κ2) is 5.28. The molecule has 0 aliphatic carbocycles. The molecular formula is C16H21N3O3. The van der Waals surface area contributed by atoms with Crippen LogP contribution in [0.1, 0.15) is 30.6 Å². The van der Waals surface area contributed by atoms with Gasteiger partial charge in [0.05, 0.1) is 5.69 Å². The first-order valence-corrected chi connectivity index (χ1v) is 7.48. The number of anilines is 1. The molecule has 0 radical (unpaired) electrons. The normalized spacial score (nSPS) is 23.3. The Kier molecular flexibility index (Phi) is 3.56. The van der Waals surface area contributed by atoms with Gasteiger partial charge in [-0.3, -0.25) is 9.59 Å². The number of ether oxygens (including phenoxy) is 1. The molecule has 118 valence electrons. The molecular weight excluding hydrogens is 282 g/mol. The van der Waals surface area contributed by atoms with Gasteiger partial charge >= 0.3 is 0 Å². The number of likely N-dealkylation sites (tertiary alicyclic amines) is 1. The molecule has 1 aromatic carbocycles. The number of nitrogens with one attached hydrogen (secondary N) is 1. The van der Waals surface area contributed by atoms with E-state index in [2.05, 4.69) is 19.2 Å². The molecule has 2 amide bonds. The van der Waals surface area contributed by atoms with Gasteiger partial charge < -0.3 is 20.7 Å². The molecule has 3 rings (SSSR count). The zero-order chi connectivity index (χ0) is 15.9. The van der Waals surface area contributed by atoms with E-state index in [0.29, 0.717) is 30.1 Å². The third-order valence-corrected chi connectivity index (χ3v) is 4.46. The molecule has 0 aromatic heterocycles. The highest BCUT2D eigenvalue weighted by molar-refractivity contribution is 5.99. The van der Waals surface area contributed by atoms with Crippen molar-refractivity contribution in [2.45, 2.75) is 26.3 Å². The lowest BCUT2D eigenvalue weighted by Crippen LogP contribution is -2.54. The lowest BCUT2D eigenvalue weighted by atomic mass is 9.79. The highest BCUT2D eigenvalue weighted by Gasteiger charge is 2.35. The van der Waals surface area contributed by atoms with Crippen molar-refractivity contribution in [1.29, 1.82) is 0 Å². The van der Waals surface area contributed by atoms with Crippen molar-refractivity contribution in [2.24, 2.45) is 11.1 Å². The zero-order valence-corrected chi connectivity index (χ0v) is 12.9. The summed E-state index contributed by atoms with van der Waals surface area (Å²) in [5.41, 5.74) is 7.20. The SMILES string of the molecule is CC1(C)CN(C(=O)c2ccc3c(c2)OCC(=O)N3)CCC1N. The number of nitrogens with two attached hydrogens (primary N) is 1. The lowest BCUT2D eigenvalue weighted by molar-refractivity contribution is -0.118. The van der Waals surface area contributed by atoms with Gasteiger partial charge in [-0.2, -0.15) is 0 Å². The predicted molar refractivity (Wildman–Crippen MR) is 82.8 cm³/mol. The summed E-state index contributed by atoms with van der Waals surface area (Å²) in [5, 5.41) is 2.72. The summed E-state index contributed by atoms with van der Waals surface area (Å²) < 4.78 is 5.37. The third-order valence-electron chi connectivity index (χ3n) is 4.46. The van der Waals surface area contributed by atoms with Gasteiger partial charge in [-0.1, -0.05) is 13.8 Å². The van der Waals surface area contributed by atoms with Crippen molar-refractivity contribution >= 4 is 17.5 Å². The van der Waals surface area contributed by atoms with Gasteiger partial charge in [0.15, 0.2) is 6.61 Å². The maximum atomic E-state index is 12.7. The minimum absolute atomic E-state index is 0.0176. The van der Waals surface area contributed by atoms with Crippen molar-refractivity contribution in [2.75, 3.05) is 25.0 Å². The number of hydrogen-bond acceptors (Lipinski definition) is 4. The largest absolute Gasteiger partial charge is 0.482 e. The number of carbonyl (C=O) groups excluding carboxylic acids is 2. The lowest BCUT2D eigenvalue weighted by Gasteiger charge is -2.42. The summed E-state index contributed by atoms with van der Waals surface area (Å²) in [6, 6.07) is 5.23. The van der Waals surface area contributed by atoms with E-state index >= 15 is 0 Å². The van der Waals surface area contributed by atoms with E-state index in [-0.39, 0.29) is 29.9 Å². The van der Waals surface area contributed by atoms with Crippen LogP contribution in [0.4, 0.5) is 5.69 Å². The van der Waals surface area contributed by atoms with Gasteiger partial charge in [0, 0.05) is 24.7 Å². The molecule has 1 fully saturated rings. The van der Waals surface area contributed by atoms with Gasteiger partial charge in [-0.05, 0) is 30.0 Å². The first kappa shape index (κ1) is 14.8. The van der Waals surface area contributed by atoms with E-state index in [9.17, 15) is 9.59 Å². The first-order valence-electron chi connectivity index (χ1n) is 7.48. The summed E-state index contributed by atoms with van der Waals surface area (Å²) in [6.07, 6.45) is 0.802. The maximum Gasteiger partial charge on any atom is 0.262 e. The van der Waals surface area contributed by atoms with Crippen LogP contribution in [0.3, 0.4) is 0 Å². The van der Waals surface area contributed by atoms with Crippen LogP contribution in [0.5, 0.6) is 5.75 Å². The standard InChI is InChI=1S/C16H21N3O3/c1-16(2)9-19(6-5-13(16)17)15(21)10-3-4-11-12(7-10)22-8-14(20)18-11/h3-4,7,13H,5-6,8-9,17H2,1-2H3,(H,18,20). The molecule has 22 heavy (non-hydrogen) atoms. The summed E-state index contributed by atoms with van der Waals surface area (Å²) >= 11 is 0. The Morgan fingerprint density at radius 2 is 2.23 bits per heavy atom. The van der Waals surface area contributed by atoms with E-state index in [4.69, 9.17) is 10.5 Å². The molecule has 2 aliphatic heterocycles. The number of hydrogen-bond donors (Lipinski definition) is 2. The molecule has 1 aromatic rings. The number of piperidine rings is 1. The van der Waals surface area contributed by atoms with Crippen LogP contribution in [0.25, 0.3) is 0 Å². The molecule has 6 heteroatoms. The van der Waals surface area contributed by atoms with E-state index in [1.54, 1.807) is 18.2 Å². The van der Waals surface area contributed by atoms with E-state index in [1.165, 1.54) is 0 Å². The Bertz CT molecular complexity index is 627. The minimum atomic E-state index is -0.182. The molecule has 2 aliphatic rings. The summed E-state index contributed by atoms with van der Waals surface area (Å²) in [6.45, 7) is 5.46. The molecule has 0 saturated carbocycles. The molecule has 1 unspecified atom stereocenters. The van der Waals surface area contributed by atoms with Gasteiger partial charge in [0.25, 0.3) is 11.8 Å². The maximum absolute atomic E-state index is 12.7. The Morgan fingerprint density at radius 3 is 2.95 bits per heavy atom. The molecule has 1 saturated heterocycles. The first-order chi connectivity index (χ1) is 10.4. The highest BCUT2D eigenvalue weighted by Crippen LogP contribution is 2.31. The molecule has 1 atom stereocenters. The average molecular weight is 303 g/mol. The summed E-state index contributed by atoms with van der Waals surface area (Å²) in [4.78, 5) is 25.8. The second-order valence-corrected chi connectivity index (χ2v) is 6.66. The predicted octanol–water partition coefficient (Wildman–Crippen LogP) is 1.22. The number of carbonyl (C=O) groups is 2. The van der Waals surface area contributed by atoms with Gasteiger partial charge in [-0.15, -0.1) is 0 Å². The van der Waals surface area contributed by atoms with E-state index < -0.39 is 0 Å². The fraction of sp³-hybridized carbons (Fsp3) is 0.500. The van der Waals surface area contributed by atoms with Crippen LogP contribution < -0.4 is 15.8 Å². The average Bonchev–Trinajstić information content (AvgIpc) is 2.48. The van der Waals surface area contributed by atoms with E-state index in [1.807, 2.05) is 4.90 Å². The minimum Gasteiger partial charge on any atom is -0.482 e. The number of nitrogens with zero attached hydrogens (tertiary/aromatic N) is 1. The van der Waals surface area contributed by atoms with Gasteiger partial charge in [0.1, 0.15) is 5.75 Å². The molecule has 0 bridgehead atoms. The quantitative estimate of drug-likeness (QED) is 0.817. The van der Waals surface area contributed by atoms with Crippen LogP contribution in [0, 0.1) is 5.41 Å². The van der Waals surface area contributed by atoms with Gasteiger partial charge in [-0.25, -0.2) is 0 Å². The molecule has 0 spiro atoms. The molecule has 2 heterocycles. The molecule has 6 nitrogen and oxygen atoms in total. The van der Waals surface area contributed by atoms with Gasteiger partial charge in [0.2, 0.25) is 0 Å². The van der Waals surface area contributed by atoms with Crippen molar-refractivity contribution in [3.8, 4) is 5.75 Å². The second-order valence-electron chi connectivity index (χ2n) is 6.66. The number of rotatable bonds is 1. The Morgan fingerprint density at radius 1 is 1.45 bits per heavy atom. The van der Waals surface area contributed by atoms with Crippen molar-refractivity contribution in [3.05, 3.63) is 23.8 Å². The van der Waals surface area contributed by atoms with Crippen LogP contribution in [-0.2, 0) is 4.79 Å². The van der Waals surface area contributed by atoms with E-state index in [0.717, 1.165) is 6.42 Å². The van der Waals surface area contributed by atoms with Crippen LogP contribution >= 0.6 is 0 Å². The van der Waals surface area contributed by atoms with Crippen molar-refractivity contribution < 1.29 is 14.3 Å². The third kappa shape index (κ3) is 2.66. The zero-order valence-electron chi connectivity index (χ0n) is 12.9. The van der Waals surface area contributed by atoms with Crippen molar-refractivity contribution in [3.63, 3.8) is 0 Å². The smallest absolute Gasteiger partial charge is 0.262 e. The van der Waals surface area contributed by atoms with Crippen LogP contribution in [-0.4, -0.2) is 42.5 Å². The fourth-order valence-electron chi connectivity index (χ4n) is 2.94. The van der Waals surface area contributed by atoms with Crippen LogP contribution in [0.2, 0.25) is 0 Å². The topological polar surface area (TPSA) is 84.7 Å². The highest BCUT2D eigenvalue weighted by atomic mass is 16.5. The summed E-state index contributed by atoms with van der Waals surface area (Å²) in [5.74, 6) is 0.333. The monoisotopic (exact) mass is 303 g/mol. The van der Waals surface area contributed by atoms with Crippen molar-refractivity contribution in [1.82, 2.24) is 4.90 Å². The number of amides is 2. The Hall–Kier alpha value is -2.08. The fourth-order valence-corrected chi connectivity index (χ4v) is 2.94. The van der Waals surface area contributed by atoms with Crippen LogP contribution in [0.15, 0.2) is 18.2 Å². The number of fused-ring (bicyclic) bond motifs is 1.